The summed E-state index contributed by atoms with van der Waals surface area (Å²) in [5.74, 6) is -1.14. The molecular formula is C13H17NO5. The maximum absolute atomic E-state index is 12.1. The highest BCUT2D eigenvalue weighted by Gasteiger charge is 2.27. The maximum Gasteiger partial charge on any atom is 0.338 e. The van der Waals surface area contributed by atoms with E-state index in [2.05, 4.69) is 0 Å². The van der Waals surface area contributed by atoms with Gasteiger partial charge in [0.15, 0.2) is 5.76 Å². The number of carbonyl (C=O) groups excluding carboxylic acids is 1. The van der Waals surface area contributed by atoms with Crippen LogP contribution in [-0.2, 0) is 0 Å². The van der Waals surface area contributed by atoms with Crippen LogP contribution in [0, 0.1) is 5.92 Å². The minimum Gasteiger partial charge on any atom is -0.478 e. The normalized spacial score (nSPS) is 18.3. The Kier molecular flexibility index (Phi) is 3.90. The Morgan fingerprint density at radius 2 is 2.05 bits per heavy atom. The van der Waals surface area contributed by atoms with E-state index >= 15 is 0 Å². The lowest BCUT2D eigenvalue weighted by atomic mass is 9.92. The SMILES string of the molecule is CC(O)C1CCN(C(=O)c2cc(C(=O)O)co2)CC1. The van der Waals surface area contributed by atoms with Crippen LogP contribution in [0.25, 0.3) is 0 Å². The van der Waals surface area contributed by atoms with Crippen LogP contribution in [0.4, 0.5) is 0 Å². The predicted molar refractivity (Wildman–Crippen MR) is 66.0 cm³/mol. The summed E-state index contributed by atoms with van der Waals surface area (Å²) in [6.07, 6.45) is 2.20. The van der Waals surface area contributed by atoms with Gasteiger partial charge in [0.2, 0.25) is 0 Å². The number of amides is 1. The molecule has 0 aliphatic carbocycles. The van der Waals surface area contributed by atoms with Gasteiger partial charge in [-0.3, -0.25) is 4.79 Å². The van der Waals surface area contributed by atoms with E-state index in [1.54, 1.807) is 11.8 Å². The molecule has 0 bridgehead atoms. The van der Waals surface area contributed by atoms with Crippen molar-refractivity contribution in [3.8, 4) is 0 Å². The first-order chi connectivity index (χ1) is 8.99. The van der Waals surface area contributed by atoms with Gasteiger partial charge in [0.25, 0.3) is 5.91 Å². The number of hydrogen-bond donors (Lipinski definition) is 2. The molecule has 1 aromatic rings. The Bertz CT molecular complexity index is 471. The number of hydrogen-bond acceptors (Lipinski definition) is 4. The molecule has 0 spiro atoms. The van der Waals surface area contributed by atoms with Gasteiger partial charge < -0.3 is 19.5 Å². The number of likely N-dealkylation sites (tertiary alicyclic amines) is 1. The summed E-state index contributed by atoms with van der Waals surface area (Å²) in [4.78, 5) is 24.4. The molecule has 2 heterocycles. The van der Waals surface area contributed by atoms with E-state index in [1.165, 1.54) is 6.07 Å². The second-order valence-electron chi connectivity index (χ2n) is 4.88. The van der Waals surface area contributed by atoms with Crippen molar-refractivity contribution >= 4 is 11.9 Å². The van der Waals surface area contributed by atoms with Crippen molar-refractivity contribution in [3.05, 3.63) is 23.7 Å². The molecule has 1 aliphatic heterocycles. The van der Waals surface area contributed by atoms with Gasteiger partial charge in [-0.25, -0.2) is 4.79 Å². The van der Waals surface area contributed by atoms with Gasteiger partial charge in [0, 0.05) is 19.2 Å². The fourth-order valence-electron chi connectivity index (χ4n) is 2.30. The van der Waals surface area contributed by atoms with Crippen molar-refractivity contribution in [1.82, 2.24) is 4.90 Å². The topological polar surface area (TPSA) is 91.0 Å². The van der Waals surface area contributed by atoms with Gasteiger partial charge in [-0.2, -0.15) is 0 Å². The summed E-state index contributed by atoms with van der Waals surface area (Å²) in [5, 5.41) is 18.3. The molecule has 104 valence electrons. The molecule has 0 radical (unpaired) electrons. The van der Waals surface area contributed by atoms with Crippen LogP contribution < -0.4 is 0 Å². The van der Waals surface area contributed by atoms with Gasteiger partial charge in [-0.05, 0) is 25.7 Å². The molecule has 19 heavy (non-hydrogen) atoms. The largest absolute Gasteiger partial charge is 0.478 e. The summed E-state index contributed by atoms with van der Waals surface area (Å²) < 4.78 is 4.99. The zero-order valence-corrected chi connectivity index (χ0v) is 10.7. The molecule has 1 amide bonds. The lowest BCUT2D eigenvalue weighted by molar-refractivity contribution is 0.0498. The lowest BCUT2D eigenvalue weighted by Crippen LogP contribution is -2.40. The first-order valence-electron chi connectivity index (χ1n) is 6.28. The highest BCUT2D eigenvalue weighted by atomic mass is 16.4. The Labute approximate surface area is 110 Å². The summed E-state index contributed by atoms with van der Waals surface area (Å²) in [7, 11) is 0. The predicted octanol–water partition coefficient (Wildman–Crippen LogP) is 1.21. The highest BCUT2D eigenvalue weighted by molar-refractivity contribution is 5.95. The van der Waals surface area contributed by atoms with Crippen molar-refractivity contribution in [1.29, 1.82) is 0 Å². The van der Waals surface area contributed by atoms with Crippen LogP contribution in [0.5, 0.6) is 0 Å². The summed E-state index contributed by atoms with van der Waals surface area (Å²) in [6.45, 7) is 2.86. The molecule has 0 saturated carbocycles. The third-order valence-corrected chi connectivity index (χ3v) is 3.57. The van der Waals surface area contributed by atoms with Crippen molar-refractivity contribution in [3.63, 3.8) is 0 Å². The van der Waals surface area contributed by atoms with Crippen molar-refractivity contribution in [2.45, 2.75) is 25.9 Å². The van der Waals surface area contributed by atoms with E-state index in [0.717, 1.165) is 19.1 Å². The second kappa shape index (κ2) is 5.44. The standard InChI is InChI=1S/C13H17NO5/c1-8(15)9-2-4-14(5-3-9)12(16)11-6-10(7-19-11)13(17)18/h6-9,15H,2-5H2,1H3,(H,17,18). The van der Waals surface area contributed by atoms with Crippen LogP contribution in [0.2, 0.25) is 0 Å². The summed E-state index contributed by atoms with van der Waals surface area (Å²) in [5.41, 5.74) is -0.0257. The Morgan fingerprint density at radius 1 is 1.42 bits per heavy atom. The minimum absolute atomic E-state index is 0.0257. The van der Waals surface area contributed by atoms with E-state index in [0.29, 0.717) is 13.1 Å². The highest BCUT2D eigenvalue weighted by Crippen LogP contribution is 2.22. The first-order valence-corrected chi connectivity index (χ1v) is 6.28. The second-order valence-corrected chi connectivity index (χ2v) is 4.88. The van der Waals surface area contributed by atoms with Crippen molar-refractivity contribution in [2.24, 2.45) is 5.92 Å². The fourth-order valence-corrected chi connectivity index (χ4v) is 2.30. The quantitative estimate of drug-likeness (QED) is 0.859. The molecule has 2 N–H and O–H groups in total. The lowest BCUT2D eigenvalue weighted by Gasteiger charge is -2.32. The number of carboxylic acid groups (broad SMARTS) is 1. The van der Waals surface area contributed by atoms with Gasteiger partial charge in [-0.1, -0.05) is 0 Å². The third-order valence-electron chi connectivity index (χ3n) is 3.57. The molecule has 1 saturated heterocycles. The number of carbonyl (C=O) groups is 2. The number of carboxylic acids is 1. The number of nitrogens with zero attached hydrogens (tertiary/aromatic N) is 1. The van der Waals surface area contributed by atoms with Crippen molar-refractivity contribution in [2.75, 3.05) is 13.1 Å². The Balaban J connectivity index is 1.99. The van der Waals surface area contributed by atoms with Gasteiger partial charge in [0.05, 0.1) is 11.7 Å². The molecule has 1 aromatic heterocycles. The van der Waals surface area contributed by atoms with E-state index in [-0.39, 0.29) is 29.3 Å². The van der Waals surface area contributed by atoms with E-state index < -0.39 is 5.97 Å². The molecule has 0 aromatic carbocycles. The van der Waals surface area contributed by atoms with Gasteiger partial charge in [0.1, 0.15) is 6.26 Å². The molecule has 2 rings (SSSR count). The Morgan fingerprint density at radius 3 is 2.53 bits per heavy atom. The maximum atomic E-state index is 12.1. The number of furan rings is 1. The van der Waals surface area contributed by atoms with E-state index in [1.807, 2.05) is 0 Å². The fraction of sp³-hybridized carbons (Fsp3) is 0.538. The molecule has 1 atom stereocenters. The molecule has 6 heteroatoms. The monoisotopic (exact) mass is 267 g/mol. The van der Waals surface area contributed by atoms with Crippen LogP contribution in [0.15, 0.2) is 16.7 Å². The van der Waals surface area contributed by atoms with Gasteiger partial charge in [-0.15, -0.1) is 0 Å². The number of aliphatic hydroxyl groups is 1. The number of aromatic carboxylic acids is 1. The summed E-state index contributed by atoms with van der Waals surface area (Å²) in [6, 6.07) is 1.24. The minimum atomic E-state index is -1.12. The van der Waals surface area contributed by atoms with Crippen molar-refractivity contribution < 1.29 is 24.2 Å². The van der Waals surface area contributed by atoms with E-state index in [9.17, 15) is 14.7 Å². The molecular weight excluding hydrogens is 250 g/mol. The zero-order valence-electron chi connectivity index (χ0n) is 10.7. The smallest absolute Gasteiger partial charge is 0.338 e. The average Bonchev–Trinajstić information content (AvgIpc) is 2.87. The first kappa shape index (κ1) is 13.6. The average molecular weight is 267 g/mol. The van der Waals surface area contributed by atoms with E-state index in [4.69, 9.17) is 9.52 Å². The van der Waals surface area contributed by atoms with Crippen LogP contribution in [0.1, 0.15) is 40.7 Å². The zero-order chi connectivity index (χ0) is 14.0. The molecule has 6 nitrogen and oxygen atoms in total. The number of piperidine rings is 1. The Hall–Kier alpha value is -1.82. The summed E-state index contributed by atoms with van der Waals surface area (Å²) >= 11 is 0. The molecule has 1 aliphatic rings. The number of rotatable bonds is 3. The van der Waals surface area contributed by atoms with Gasteiger partial charge >= 0.3 is 5.97 Å². The third kappa shape index (κ3) is 2.96. The molecule has 1 unspecified atom stereocenters. The molecule has 1 fully saturated rings. The van der Waals surface area contributed by atoms with Crippen LogP contribution in [-0.4, -0.2) is 46.2 Å². The van der Waals surface area contributed by atoms with Crippen LogP contribution in [0.3, 0.4) is 0 Å². The van der Waals surface area contributed by atoms with Crippen LogP contribution >= 0.6 is 0 Å². The number of aliphatic hydroxyl groups excluding tert-OH is 1.